The molecule has 2 atom stereocenters. The van der Waals surface area contributed by atoms with E-state index >= 15 is 0 Å². The van der Waals surface area contributed by atoms with Crippen LogP contribution in [0.15, 0.2) is 60.8 Å². The van der Waals surface area contributed by atoms with Crippen LogP contribution in [0.25, 0.3) is 5.69 Å². The lowest BCUT2D eigenvalue weighted by molar-refractivity contribution is -0.123. The van der Waals surface area contributed by atoms with Gasteiger partial charge in [-0.05, 0) is 38.1 Å². The highest BCUT2D eigenvalue weighted by molar-refractivity contribution is 7.80. The topological polar surface area (TPSA) is 100 Å². The van der Waals surface area contributed by atoms with E-state index in [0.717, 1.165) is 11.3 Å². The van der Waals surface area contributed by atoms with Crippen LogP contribution in [0.4, 0.5) is 5.69 Å². The lowest BCUT2D eigenvalue weighted by Crippen LogP contribution is -2.55. The molecule has 1 amide bonds. The Morgan fingerprint density at radius 3 is 2.52 bits per heavy atom. The quantitative estimate of drug-likeness (QED) is 0.461. The van der Waals surface area contributed by atoms with Crippen molar-refractivity contribution >= 4 is 34.8 Å². The van der Waals surface area contributed by atoms with Crippen LogP contribution in [0.5, 0.6) is 0 Å². The molecule has 2 heterocycles. The number of carbonyl (C=O) groups is 2. The molecule has 0 unspecified atom stereocenters. The first-order chi connectivity index (χ1) is 15.9. The molecule has 1 aliphatic rings. The molecule has 1 saturated heterocycles. The Kier molecular flexibility index (Phi) is 6.20. The number of ether oxygens (including phenoxy) is 1. The third-order valence-corrected chi connectivity index (χ3v) is 5.68. The number of nitrogens with zero attached hydrogens (tertiary/aromatic N) is 4. The Hall–Kier alpha value is -4.03. The SMILES string of the molecule is CCOC(=O)c1nn(-c2ccccc2)cc1[C@H]1NC(=O)[C@@H](C#N)C(=S)N1c1ccc(C)cc1. The normalized spacial score (nSPS) is 17.9. The van der Waals surface area contributed by atoms with Gasteiger partial charge in [-0.1, -0.05) is 48.1 Å². The summed E-state index contributed by atoms with van der Waals surface area (Å²) in [5.41, 5.74) is 2.92. The molecule has 1 fully saturated rings. The molecule has 8 nitrogen and oxygen atoms in total. The standard InChI is InChI=1S/C24H21N5O3S/c1-3-32-24(31)20-19(14-28(27-20)16-7-5-4-6-8-16)21-26-22(30)18(13-25)23(33)29(21)17-11-9-15(2)10-12-17/h4-12,14,18,21H,3H2,1-2H3,(H,26,30)/t18-,21+/m1/s1. The summed E-state index contributed by atoms with van der Waals surface area (Å²) < 4.78 is 6.79. The van der Waals surface area contributed by atoms with Gasteiger partial charge in [-0.3, -0.25) is 4.79 Å². The molecule has 0 bridgehead atoms. The van der Waals surface area contributed by atoms with E-state index in [1.807, 2.05) is 67.6 Å². The number of thiocarbonyl (C=S) groups is 1. The highest BCUT2D eigenvalue weighted by Crippen LogP contribution is 2.34. The van der Waals surface area contributed by atoms with Crippen LogP contribution >= 0.6 is 12.2 Å². The predicted octanol–water partition coefficient (Wildman–Crippen LogP) is 3.46. The Bertz CT molecular complexity index is 1250. The van der Waals surface area contributed by atoms with E-state index in [2.05, 4.69) is 10.4 Å². The van der Waals surface area contributed by atoms with Gasteiger partial charge in [-0.15, -0.1) is 0 Å². The molecule has 0 spiro atoms. The molecule has 1 N–H and O–H groups in total. The zero-order chi connectivity index (χ0) is 23.5. The summed E-state index contributed by atoms with van der Waals surface area (Å²) >= 11 is 5.58. The number of carbonyl (C=O) groups excluding carboxylic acids is 2. The maximum absolute atomic E-state index is 12.8. The predicted molar refractivity (Wildman–Crippen MR) is 126 cm³/mol. The van der Waals surface area contributed by atoms with E-state index in [1.165, 1.54) is 0 Å². The summed E-state index contributed by atoms with van der Waals surface area (Å²) in [4.78, 5) is 27.4. The zero-order valence-electron chi connectivity index (χ0n) is 18.1. The number of nitrogens with one attached hydrogen (secondary N) is 1. The Labute approximate surface area is 196 Å². The smallest absolute Gasteiger partial charge is 0.359 e. The summed E-state index contributed by atoms with van der Waals surface area (Å²) in [6.07, 6.45) is 0.817. The number of para-hydroxylation sites is 1. The number of amides is 1. The molecule has 3 aromatic rings. The summed E-state index contributed by atoms with van der Waals surface area (Å²) in [6.45, 7) is 3.84. The van der Waals surface area contributed by atoms with Gasteiger partial charge in [0, 0.05) is 17.4 Å². The van der Waals surface area contributed by atoms with Crippen LogP contribution < -0.4 is 10.2 Å². The molecule has 9 heteroatoms. The number of nitriles is 1. The number of aryl methyl sites for hydroxylation is 1. The van der Waals surface area contributed by atoms with Crippen LogP contribution in [0.3, 0.4) is 0 Å². The molecule has 1 aliphatic heterocycles. The van der Waals surface area contributed by atoms with Gasteiger partial charge in [-0.2, -0.15) is 10.4 Å². The summed E-state index contributed by atoms with van der Waals surface area (Å²) in [5.74, 6) is -2.28. The maximum Gasteiger partial charge on any atom is 0.359 e. The minimum atomic E-state index is -1.13. The van der Waals surface area contributed by atoms with Crippen molar-refractivity contribution in [3.63, 3.8) is 0 Å². The van der Waals surface area contributed by atoms with Gasteiger partial charge in [0.15, 0.2) is 11.6 Å². The van der Waals surface area contributed by atoms with E-state index in [0.29, 0.717) is 11.3 Å². The first kappa shape index (κ1) is 22.2. The van der Waals surface area contributed by atoms with Gasteiger partial charge in [0.05, 0.1) is 18.4 Å². The van der Waals surface area contributed by atoms with Crippen LogP contribution in [-0.2, 0) is 9.53 Å². The van der Waals surface area contributed by atoms with Gasteiger partial charge >= 0.3 is 5.97 Å². The van der Waals surface area contributed by atoms with Crippen LogP contribution in [-0.4, -0.2) is 33.3 Å². The summed E-state index contributed by atoms with van der Waals surface area (Å²) in [7, 11) is 0. The third-order valence-electron chi connectivity index (χ3n) is 5.25. The molecular weight excluding hydrogens is 438 g/mol. The lowest BCUT2D eigenvalue weighted by atomic mass is 10.0. The minimum absolute atomic E-state index is 0.0568. The van der Waals surface area contributed by atoms with Gasteiger partial charge in [-0.25, -0.2) is 9.48 Å². The first-order valence-electron chi connectivity index (χ1n) is 10.4. The van der Waals surface area contributed by atoms with Crippen LogP contribution in [0.2, 0.25) is 0 Å². The number of aromatic nitrogens is 2. The second kappa shape index (κ2) is 9.22. The molecule has 33 heavy (non-hydrogen) atoms. The fraction of sp³-hybridized carbons (Fsp3) is 0.208. The van der Waals surface area contributed by atoms with Gasteiger partial charge in [0.1, 0.15) is 11.2 Å². The fourth-order valence-corrected chi connectivity index (χ4v) is 4.00. The molecule has 2 aromatic carbocycles. The molecule has 0 saturated carbocycles. The van der Waals surface area contributed by atoms with E-state index in [9.17, 15) is 14.9 Å². The van der Waals surface area contributed by atoms with Crippen molar-refractivity contribution in [1.82, 2.24) is 15.1 Å². The van der Waals surface area contributed by atoms with Crippen molar-refractivity contribution in [3.8, 4) is 11.8 Å². The molecule has 4 rings (SSSR count). The lowest BCUT2D eigenvalue weighted by Gasteiger charge is -2.39. The van der Waals surface area contributed by atoms with E-state index in [4.69, 9.17) is 17.0 Å². The number of esters is 1. The minimum Gasteiger partial charge on any atom is -0.461 e. The Morgan fingerprint density at radius 2 is 1.88 bits per heavy atom. The van der Waals surface area contributed by atoms with Crippen molar-refractivity contribution < 1.29 is 14.3 Å². The zero-order valence-corrected chi connectivity index (χ0v) is 18.9. The van der Waals surface area contributed by atoms with E-state index in [-0.39, 0.29) is 17.3 Å². The summed E-state index contributed by atoms with van der Waals surface area (Å²) in [6, 6.07) is 18.8. The summed E-state index contributed by atoms with van der Waals surface area (Å²) in [5, 5.41) is 16.9. The second-order valence-electron chi connectivity index (χ2n) is 7.45. The molecule has 166 valence electrons. The fourth-order valence-electron chi connectivity index (χ4n) is 3.63. The molecule has 1 aromatic heterocycles. The van der Waals surface area contributed by atoms with Crippen LogP contribution in [0, 0.1) is 24.2 Å². The van der Waals surface area contributed by atoms with Gasteiger partial charge in [0.25, 0.3) is 0 Å². The highest BCUT2D eigenvalue weighted by atomic mass is 32.1. The third kappa shape index (κ3) is 4.21. The number of rotatable bonds is 5. The van der Waals surface area contributed by atoms with Crippen molar-refractivity contribution in [3.05, 3.63) is 77.6 Å². The number of hydrogen-bond donors (Lipinski definition) is 1. The van der Waals surface area contributed by atoms with Gasteiger partial charge in [0.2, 0.25) is 5.91 Å². The molecular formula is C24H21N5O3S. The number of hydrogen-bond acceptors (Lipinski definition) is 6. The Balaban J connectivity index is 1.88. The average Bonchev–Trinajstić information content (AvgIpc) is 3.26. The Morgan fingerprint density at radius 1 is 1.18 bits per heavy atom. The van der Waals surface area contributed by atoms with Crippen molar-refractivity contribution in [2.45, 2.75) is 20.0 Å². The maximum atomic E-state index is 12.8. The van der Waals surface area contributed by atoms with E-state index < -0.39 is 24.0 Å². The average molecular weight is 460 g/mol. The first-order valence-corrected chi connectivity index (χ1v) is 10.8. The molecule has 0 aliphatic carbocycles. The second-order valence-corrected chi connectivity index (χ2v) is 7.87. The van der Waals surface area contributed by atoms with E-state index in [1.54, 1.807) is 22.7 Å². The van der Waals surface area contributed by atoms with Crippen molar-refractivity contribution in [1.29, 1.82) is 5.26 Å². The number of anilines is 1. The van der Waals surface area contributed by atoms with Gasteiger partial charge < -0.3 is 15.0 Å². The van der Waals surface area contributed by atoms with Crippen molar-refractivity contribution in [2.75, 3.05) is 11.5 Å². The van der Waals surface area contributed by atoms with Crippen LogP contribution in [0.1, 0.15) is 34.7 Å². The monoisotopic (exact) mass is 459 g/mol. The molecule has 0 radical (unpaired) electrons. The van der Waals surface area contributed by atoms with Crippen molar-refractivity contribution in [2.24, 2.45) is 5.92 Å². The largest absolute Gasteiger partial charge is 0.461 e. The highest BCUT2D eigenvalue weighted by Gasteiger charge is 2.42. The number of benzene rings is 2.